The molecule has 4 rings (SSSR count). The van der Waals surface area contributed by atoms with E-state index in [0.29, 0.717) is 29.6 Å². The molecule has 1 saturated heterocycles. The summed E-state index contributed by atoms with van der Waals surface area (Å²) < 4.78 is 28.3. The predicted octanol–water partition coefficient (Wildman–Crippen LogP) is 2.46. The first kappa shape index (κ1) is 18.9. The molecule has 3 aromatic rings. The second-order valence-electron chi connectivity index (χ2n) is 6.69. The van der Waals surface area contributed by atoms with Crippen molar-refractivity contribution in [1.29, 1.82) is 0 Å². The highest BCUT2D eigenvalue weighted by Crippen LogP contribution is 2.29. The summed E-state index contributed by atoms with van der Waals surface area (Å²) in [6, 6.07) is 13.1. The van der Waals surface area contributed by atoms with Gasteiger partial charge in [0.1, 0.15) is 16.5 Å². The summed E-state index contributed by atoms with van der Waals surface area (Å²) in [4.78, 5) is 1.28. The average Bonchev–Trinajstić information content (AvgIpc) is 3.20. The molecule has 1 aliphatic heterocycles. The molecule has 8 heteroatoms. The summed E-state index contributed by atoms with van der Waals surface area (Å²) in [5.41, 5.74) is 0.921. The van der Waals surface area contributed by atoms with E-state index in [1.54, 1.807) is 27.9 Å². The summed E-state index contributed by atoms with van der Waals surface area (Å²) in [6.45, 7) is 3.10. The van der Waals surface area contributed by atoms with Crippen molar-refractivity contribution in [2.24, 2.45) is 0 Å². The molecular weight excluding hydrogens is 448 g/mol. The number of hydrogen-bond acceptors (Lipinski definition) is 4. The first-order valence-electron chi connectivity index (χ1n) is 8.72. The molecule has 0 atom stereocenters. The topological polar surface area (TPSA) is 62.0 Å². The van der Waals surface area contributed by atoms with Crippen molar-refractivity contribution < 1.29 is 18.4 Å². The molecule has 0 amide bonds. The molecule has 2 N–H and O–H groups in total. The summed E-state index contributed by atoms with van der Waals surface area (Å²) in [5, 5.41) is 14.3. The summed E-state index contributed by atoms with van der Waals surface area (Å²) >= 11 is 4.74. The van der Waals surface area contributed by atoms with E-state index in [2.05, 4.69) is 15.9 Å². The van der Waals surface area contributed by atoms with Crippen LogP contribution in [0, 0.1) is 0 Å². The van der Waals surface area contributed by atoms with Crippen LogP contribution < -0.4 is 4.90 Å². The van der Waals surface area contributed by atoms with Crippen molar-refractivity contribution in [3.63, 3.8) is 0 Å². The molecule has 1 fully saturated rings. The van der Waals surface area contributed by atoms with Gasteiger partial charge in [0.2, 0.25) is 0 Å². The van der Waals surface area contributed by atoms with Gasteiger partial charge in [-0.1, -0.05) is 34.1 Å². The van der Waals surface area contributed by atoms with Crippen molar-refractivity contribution in [3.05, 3.63) is 57.9 Å². The number of phenolic OH excluding ortho intramolecular Hbond substituents is 1. The maximum Gasteiger partial charge on any atom is 0.252 e. The van der Waals surface area contributed by atoms with Gasteiger partial charge in [0.05, 0.1) is 31.7 Å². The standard InChI is InChI=1S/C19H19BrN2O3S2/c20-15-4-5-16-14(12-15)3-6-18(23)17(16)13-21-7-9-22(10-8-21)27(24,25)19-2-1-11-26-19/h1-6,11-12,23H,7-10,13H2/p+1. The molecule has 27 heavy (non-hydrogen) atoms. The number of thiophene rings is 1. The summed E-state index contributed by atoms with van der Waals surface area (Å²) in [7, 11) is -3.38. The van der Waals surface area contributed by atoms with E-state index in [4.69, 9.17) is 0 Å². The van der Waals surface area contributed by atoms with Crippen LogP contribution in [0.4, 0.5) is 0 Å². The molecule has 0 unspecified atom stereocenters. The van der Waals surface area contributed by atoms with Crippen molar-refractivity contribution in [2.75, 3.05) is 26.2 Å². The number of benzene rings is 2. The van der Waals surface area contributed by atoms with Crippen molar-refractivity contribution in [1.82, 2.24) is 4.31 Å². The van der Waals surface area contributed by atoms with Crippen LogP contribution in [0.1, 0.15) is 5.56 Å². The number of quaternary nitrogens is 1. The Morgan fingerprint density at radius 3 is 2.63 bits per heavy atom. The molecular formula is C19H20BrN2O3S2+. The van der Waals surface area contributed by atoms with Crippen LogP contribution in [-0.2, 0) is 16.6 Å². The number of nitrogens with one attached hydrogen (secondary N) is 1. The van der Waals surface area contributed by atoms with E-state index in [1.807, 2.05) is 24.3 Å². The van der Waals surface area contributed by atoms with Gasteiger partial charge in [0.15, 0.2) is 0 Å². The van der Waals surface area contributed by atoms with Crippen molar-refractivity contribution >= 4 is 48.1 Å². The minimum atomic E-state index is -3.38. The molecule has 5 nitrogen and oxygen atoms in total. The van der Waals surface area contributed by atoms with Gasteiger partial charge < -0.3 is 10.0 Å². The quantitative estimate of drug-likeness (QED) is 0.619. The Hall–Kier alpha value is -1.45. The number of halogens is 1. The van der Waals surface area contributed by atoms with Crippen LogP contribution in [0.15, 0.2) is 56.5 Å². The van der Waals surface area contributed by atoms with E-state index in [9.17, 15) is 13.5 Å². The third kappa shape index (κ3) is 3.77. The fraction of sp³-hybridized carbons (Fsp3) is 0.263. The lowest BCUT2D eigenvalue weighted by atomic mass is 10.0. The van der Waals surface area contributed by atoms with E-state index in [-0.39, 0.29) is 0 Å². The van der Waals surface area contributed by atoms with Gasteiger partial charge >= 0.3 is 0 Å². The predicted molar refractivity (Wildman–Crippen MR) is 111 cm³/mol. The van der Waals surface area contributed by atoms with Gasteiger partial charge in [0, 0.05) is 4.47 Å². The lowest BCUT2D eigenvalue weighted by molar-refractivity contribution is -0.917. The minimum Gasteiger partial charge on any atom is -0.507 e. The van der Waals surface area contributed by atoms with Gasteiger partial charge in [-0.3, -0.25) is 0 Å². The average molecular weight is 468 g/mol. The number of sulfonamides is 1. The third-order valence-electron chi connectivity index (χ3n) is 5.01. The minimum absolute atomic E-state index is 0.297. The highest BCUT2D eigenvalue weighted by molar-refractivity contribution is 9.10. The Labute approximate surface area is 171 Å². The molecule has 0 spiro atoms. The number of rotatable bonds is 4. The zero-order chi connectivity index (χ0) is 19.0. The van der Waals surface area contributed by atoms with E-state index < -0.39 is 10.0 Å². The van der Waals surface area contributed by atoms with Gasteiger partial charge in [-0.25, -0.2) is 8.42 Å². The number of phenols is 1. The van der Waals surface area contributed by atoms with Crippen LogP contribution in [0.2, 0.25) is 0 Å². The summed E-state index contributed by atoms with van der Waals surface area (Å²) in [5.74, 6) is 0.297. The van der Waals surface area contributed by atoms with E-state index in [0.717, 1.165) is 33.9 Å². The SMILES string of the molecule is O=S(=O)(c1cccs1)N1CC[NH+](Cc2c(O)ccc3cc(Br)ccc23)CC1. The largest absolute Gasteiger partial charge is 0.507 e. The highest BCUT2D eigenvalue weighted by atomic mass is 79.9. The number of fused-ring (bicyclic) bond motifs is 1. The molecule has 1 aliphatic rings. The van der Waals surface area contributed by atoms with Gasteiger partial charge in [-0.2, -0.15) is 4.31 Å². The van der Waals surface area contributed by atoms with E-state index in [1.165, 1.54) is 16.2 Å². The smallest absolute Gasteiger partial charge is 0.252 e. The number of nitrogens with zero attached hydrogens (tertiary/aromatic N) is 1. The summed E-state index contributed by atoms with van der Waals surface area (Å²) in [6.07, 6.45) is 0. The van der Waals surface area contributed by atoms with Crippen molar-refractivity contribution in [3.8, 4) is 5.75 Å². The Morgan fingerprint density at radius 2 is 1.93 bits per heavy atom. The Morgan fingerprint density at radius 1 is 1.15 bits per heavy atom. The Bertz CT molecular complexity index is 1060. The number of aromatic hydroxyl groups is 1. The molecule has 142 valence electrons. The Balaban J connectivity index is 1.50. The molecule has 2 aromatic carbocycles. The second-order valence-corrected chi connectivity index (χ2v) is 10.7. The van der Waals surface area contributed by atoms with Crippen LogP contribution in [-0.4, -0.2) is 44.0 Å². The second kappa shape index (κ2) is 7.52. The maximum atomic E-state index is 12.7. The highest BCUT2D eigenvalue weighted by Gasteiger charge is 2.31. The first-order chi connectivity index (χ1) is 12.9. The van der Waals surface area contributed by atoms with Crippen LogP contribution in [0.3, 0.4) is 0 Å². The zero-order valence-electron chi connectivity index (χ0n) is 14.6. The fourth-order valence-corrected chi connectivity index (χ4v) is 6.51. The lowest BCUT2D eigenvalue weighted by Crippen LogP contribution is -3.13. The van der Waals surface area contributed by atoms with Gasteiger partial charge in [-0.05, 0) is 40.4 Å². The monoisotopic (exact) mass is 467 g/mol. The first-order valence-corrected chi connectivity index (χ1v) is 11.8. The molecule has 0 bridgehead atoms. The normalized spacial score (nSPS) is 16.8. The number of piperazine rings is 1. The molecule has 0 radical (unpaired) electrons. The maximum absolute atomic E-state index is 12.7. The lowest BCUT2D eigenvalue weighted by Gasteiger charge is -2.31. The van der Waals surface area contributed by atoms with Crippen LogP contribution >= 0.6 is 27.3 Å². The number of hydrogen-bond donors (Lipinski definition) is 2. The fourth-order valence-electron chi connectivity index (χ4n) is 3.55. The molecule has 1 aromatic heterocycles. The Kier molecular flexibility index (Phi) is 5.26. The van der Waals surface area contributed by atoms with Crippen LogP contribution in [0.5, 0.6) is 5.75 Å². The van der Waals surface area contributed by atoms with Gasteiger partial charge in [-0.15, -0.1) is 11.3 Å². The molecule has 0 saturated carbocycles. The van der Waals surface area contributed by atoms with E-state index >= 15 is 0 Å². The van der Waals surface area contributed by atoms with Crippen LogP contribution in [0.25, 0.3) is 10.8 Å². The van der Waals surface area contributed by atoms with Crippen molar-refractivity contribution in [2.45, 2.75) is 10.8 Å². The molecule has 2 heterocycles. The third-order valence-corrected chi connectivity index (χ3v) is 8.78. The zero-order valence-corrected chi connectivity index (χ0v) is 17.8. The van der Waals surface area contributed by atoms with Gasteiger partial charge in [0.25, 0.3) is 10.0 Å². The molecule has 0 aliphatic carbocycles.